The fourth-order valence-corrected chi connectivity index (χ4v) is 4.06. The van der Waals surface area contributed by atoms with Gasteiger partial charge >= 0.3 is 0 Å². The van der Waals surface area contributed by atoms with Crippen LogP contribution in [0.5, 0.6) is 0 Å². The molecule has 0 saturated heterocycles. The second kappa shape index (κ2) is 9.59. The Morgan fingerprint density at radius 2 is 1.60 bits per heavy atom. The Kier molecular flexibility index (Phi) is 6.90. The Hall–Kier alpha value is -3.12. The van der Waals surface area contributed by atoms with Crippen molar-refractivity contribution in [3.8, 4) is 0 Å². The second-order valence-electron chi connectivity index (χ2n) is 7.30. The van der Waals surface area contributed by atoms with Gasteiger partial charge in [-0.2, -0.15) is 0 Å². The molecule has 0 fully saturated rings. The van der Waals surface area contributed by atoms with E-state index < -0.39 is 10.0 Å². The molecule has 5 nitrogen and oxygen atoms in total. The average Bonchev–Trinajstić information content (AvgIpc) is 2.72. The molecule has 0 bridgehead atoms. The van der Waals surface area contributed by atoms with E-state index >= 15 is 0 Å². The summed E-state index contributed by atoms with van der Waals surface area (Å²) in [5.41, 5.74) is 4.14. The Bertz CT molecular complexity index is 1090. The summed E-state index contributed by atoms with van der Waals surface area (Å²) in [5, 5.41) is 2.92. The van der Waals surface area contributed by atoms with E-state index in [9.17, 15) is 13.2 Å². The van der Waals surface area contributed by atoms with Gasteiger partial charge in [-0.15, -0.1) is 0 Å². The maximum Gasteiger partial charge on any atom is 0.251 e. The highest BCUT2D eigenvalue weighted by Crippen LogP contribution is 2.22. The molecule has 6 heteroatoms. The first kappa shape index (κ1) is 21.6. The SMILES string of the molecule is Cc1cccc(N(Cc2ccc(C(=O)NCCc3ccccc3)cc2)S(C)(=O)=O)c1. The molecule has 0 aliphatic carbocycles. The summed E-state index contributed by atoms with van der Waals surface area (Å²) in [6.07, 6.45) is 1.97. The first-order valence-corrected chi connectivity index (χ1v) is 11.6. The third-order valence-corrected chi connectivity index (χ3v) is 5.91. The van der Waals surface area contributed by atoms with Gasteiger partial charge in [0.15, 0.2) is 0 Å². The van der Waals surface area contributed by atoms with E-state index in [-0.39, 0.29) is 12.5 Å². The summed E-state index contributed by atoms with van der Waals surface area (Å²) in [5.74, 6) is -0.142. The van der Waals surface area contributed by atoms with Gasteiger partial charge < -0.3 is 5.32 Å². The van der Waals surface area contributed by atoms with E-state index in [0.717, 1.165) is 17.5 Å². The first-order chi connectivity index (χ1) is 14.3. The predicted octanol–water partition coefficient (Wildman–Crippen LogP) is 3.93. The van der Waals surface area contributed by atoms with Crippen LogP contribution in [0.25, 0.3) is 0 Å². The van der Waals surface area contributed by atoms with Crippen LogP contribution in [-0.4, -0.2) is 27.1 Å². The van der Waals surface area contributed by atoms with Crippen LogP contribution in [0.15, 0.2) is 78.9 Å². The number of hydrogen-bond acceptors (Lipinski definition) is 3. The number of nitrogens with zero attached hydrogens (tertiary/aromatic N) is 1. The number of amides is 1. The van der Waals surface area contributed by atoms with Crippen molar-refractivity contribution in [3.05, 3.63) is 101 Å². The molecule has 0 saturated carbocycles. The molecule has 0 heterocycles. The van der Waals surface area contributed by atoms with Crippen molar-refractivity contribution < 1.29 is 13.2 Å². The van der Waals surface area contributed by atoms with Crippen molar-refractivity contribution in [1.29, 1.82) is 0 Å². The van der Waals surface area contributed by atoms with Crippen molar-refractivity contribution in [2.75, 3.05) is 17.1 Å². The minimum absolute atomic E-state index is 0.142. The number of aryl methyl sites for hydroxylation is 1. The molecule has 3 aromatic carbocycles. The van der Waals surface area contributed by atoms with Crippen molar-refractivity contribution in [2.24, 2.45) is 0 Å². The Labute approximate surface area is 178 Å². The van der Waals surface area contributed by atoms with Gasteiger partial charge in [0.2, 0.25) is 10.0 Å². The van der Waals surface area contributed by atoms with E-state index in [0.29, 0.717) is 17.8 Å². The summed E-state index contributed by atoms with van der Waals surface area (Å²) >= 11 is 0. The van der Waals surface area contributed by atoms with Gasteiger partial charge in [-0.3, -0.25) is 9.10 Å². The van der Waals surface area contributed by atoms with E-state index in [2.05, 4.69) is 5.32 Å². The standard InChI is InChI=1S/C24H26N2O3S/c1-19-7-6-10-23(17-19)26(30(2,28)29)18-21-11-13-22(14-12-21)24(27)25-16-15-20-8-4-3-5-9-20/h3-14,17H,15-16,18H2,1-2H3,(H,25,27). The quantitative estimate of drug-likeness (QED) is 0.598. The molecule has 156 valence electrons. The molecule has 0 aliphatic rings. The second-order valence-corrected chi connectivity index (χ2v) is 9.20. The third-order valence-electron chi connectivity index (χ3n) is 4.77. The summed E-state index contributed by atoms with van der Waals surface area (Å²) in [6, 6.07) is 24.4. The lowest BCUT2D eigenvalue weighted by molar-refractivity contribution is 0.0954. The number of carbonyl (C=O) groups excluding carboxylic acids is 1. The van der Waals surface area contributed by atoms with Gasteiger partial charge in [0.25, 0.3) is 5.91 Å². The summed E-state index contributed by atoms with van der Waals surface area (Å²) in [7, 11) is -3.44. The van der Waals surface area contributed by atoms with Gasteiger partial charge in [-0.05, 0) is 54.3 Å². The molecule has 3 rings (SSSR count). The van der Waals surface area contributed by atoms with Crippen molar-refractivity contribution in [2.45, 2.75) is 19.9 Å². The predicted molar refractivity (Wildman–Crippen MR) is 121 cm³/mol. The van der Waals surface area contributed by atoms with Crippen LogP contribution in [-0.2, 0) is 23.0 Å². The molecule has 0 unspecified atom stereocenters. The Balaban J connectivity index is 1.64. The van der Waals surface area contributed by atoms with Crippen LogP contribution in [0.3, 0.4) is 0 Å². The minimum atomic E-state index is -3.44. The number of hydrogen-bond donors (Lipinski definition) is 1. The molecule has 0 atom stereocenters. The van der Waals surface area contributed by atoms with Crippen molar-refractivity contribution >= 4 is 21.6 Å². The fourth-order valence-electron chi connectivity index (χ4n) is 3.18. The molecular weight excluding hydrogens is 396 g/mol. The lowest BCUT2D eigenvalue weighted by Gasteiger charge is -2.23. The molecule has 3 aromatic rings. The first-order valence-electron chi connectivity index (χ1n) is 9.78. The van der Waals surface area contributed by atoms with E-state index in [1.807, 2.05) is 55.5 Å². The molecule has 0 aromatic heterocycles. The number of benzene rings is 3. The van der Waals surface area contributed by atoms with Gasteiger partial charge in [-0.1, -0.05) is 54.6 Å². The smallest absolute Gasteiger partial charge is 0.251 e. The van der Waals surface area contributed by atoms with E-state index in [1.165, 1.54) is 16.1 Å². The van der Waals surface area contributed by atoms with Gasteiger partial charge in [0.05, 0.1) is 18.5 Å². The van der Waals surface area contributed by atoms with Crippen molar-refractivity contribution in [3.63, 3.8) is 0 Å². The van der Waals surface area contributed by atoms with Crippen LogP contribution >= 0.6 is 0 Å². The highest BCUT2D eigenvalue weighted by Gasteiger charge is 2.18. The summed E-state index contributed by atoms with van der Waals surface area (Å²) < 4.78 is 26.0. The highest BCUT2D eigenvalue weighted by molar-refractivity contribution is 7.92. The number of rotatable bonds is 8. The molecular formula is C24H26N2O3S. The molecule has 30 heavy (non-hydrogen) atoms. The zero-order chi connectivity index (χ0) is 21.6. The zero-order valence-electron chi connectivity index (χ0n) is 17.2. The molecule has 1 amide bonds. The van der Waals surface area contributed by atoms with Crippen LogP contribution in [0.4, 0.5) is 5.69 Å². The maximum atomic E-state index is 12.4. The Morgan fingerprint density at radius 1 is 0.900 bits per heavy atom. The summed E-state index contributed by atoms with van der Waals surface area (Å²) in [4.78, 5) is 12.4. The summed E-state index contributed by atoms with van der Waals surface area (Å²) in [6.45, 7) is 2.69. The molecule has 1 N–H and O–H groups in total. The van der Waals surface area contributed by atoms with E-state index in [1.54, 1.807) is 30.3 Å². The van der Waals surface area contributed by atoms with Crippen LogP contribution in [0, 0.1) is 6.92 Å². The zero-order valence-corrected chi connectivity index (χ0v) is 18.0. The Morgan fingerprint density at radius 3 is 2.23 bits per heavy atom. The largest absolute Gasteiger partial charge is 0.352 e. The minimum Gasteiger partial charge on any atom is -0.352 e. The third kappa shape index (κ3) is 5.94. The highest BCUT2D eigenvalue weighted by atomic mass is 32.2. The number of nitrogens with one attached hydrogen (secondary N) is 1. The average molecular weight is 423 g/mol. The van der Waals surface area contributed by atoms with Crippen LogP contribution in [0.1, 0.15) is 27.0 Å². The number of sulfonamides is 1. The van der Waals surface area contributed by atoms with Gasteiger partial charge in [-0.25, -0.2) is 8.42 Å². The lowest BCUT2D eigenvalue weighted by atomic mass is 10.1. The van der Waals surface area contributed by atoms with E-state index in [4.69, 9.17) is 0 Å². The maximum absolute atomic E-state index is 12.4. The fraction of sp³-hybridized carbons (Fsp3) is 0.208. The normalized spacial score (nSPS) is 11.1. The van der Waals surface area contributed by atoms with Crippen LogP contribution in [0.2, 0.25) is 0 Å². The molecule has 0 radical (unpaired) electrons. The molecule has 0 spiro atoms. The monoisotopic (exact) mass is 422 g/mol. The number of anilines is 1. The van der Waals surface area contributed by atoms with Crippen molar-refractivity contribution in [1.82, 2.24) is 5.32 Å². The van der Waals surface area contributed by atoms with Crippen LogP contribution < -0.4 is 9.62 Å². The molecule has 0 aliphatic heterocycles. The lowest BCUT2D eigenvalue weighted by Crippen LogP contribution is -2.29. The van der Waals surface area contributed by atoms with Gasteiger partial charge in [0.1, 0.15) is 0 Å². The van der Waals surface area contributed by atoms with Gasteiger partial charge in [0, 0.05) is 12.1 Å². The number of carbonyl (C=O) groups is 1. The topological polar surface area (TPSA) is 66.5 Å².